The van der Waals surface area contributed by atoms with Crippen LogP contribution in [-0.4, -0.2) is 24.7 Å². The second-order valence-corrected chi connectivity index (χ2v) is 6.45. The van der Waals surface area contributed by atoms with Crippen LogP contribution in [0.3, 0.4) is 0 Å². The van der Waals surface area contributed by atoms with Crippen molar-refractivity contribution in [2.24, 2.45) is 5.92 Å². The Morgan fingerprint density at radius 1 is 1.12 bits per heavy atom. The molecule has 1 aliphatic heterocycles. The van der Waals surface area contributed by atoms with Crippen LogP contribution in [0.15, 0.2) is 54.6 Å². The lowest BCUT2D eigenvalue weighted by Gasteiger charge is -2.39. The molecule has 0 bridgehead atoms. The molecule has 1 N–H and O–H groups in total. The van der Waals surface area contributed by atoms with Crippen LogP contribution in [0.1, 0.15) is 28.8 Å². The first-order valence-corrected chi connectivity index (χ1v) is 8.49. The van der Waals surface area contributed by atoms with Gasteiger partial charge in [-0.3, -0.25) is 4.79 Å². The van der Waals surface area contributed by atoms with Gasteiger partial charge in [0, 0.05) is 18.6 Å². The summed E-state index contributed by atoms with van der Waals surface area (Å²) in [7, 11) is 0. The maximum absolute atomic E-state index is 12.6. The highest BCUT2D eigenvalue weighted by atomic mass is 16.5. The van der Waals surface area contributed by atoms with Gasteiger partial charge in [-0.1, -0.05) is 42.5 Å². The molecule has 4 rings (SSSR count). The van der Waals surface area contributed by atoms with Gasteiger partial charge in [0.1, 0.15) is 12.4 Å². The van der Waals surface area contributed by atoms with Crippen molar-refractivity contribution in [3.63, 3.8) is 0 Å². The minimum Gasteiger partial charge on any atom is -0.488 e. The van der Waals surface area contributed by atoms with Crippen molar-refractivity contribution in [2.45, 2.75) is 31.6 Å². The Kier molecular flexibility index (Phi) is 4.22. The number of hydrogen-bond donors (Lipinski definition) is 1. The van der Waals surface area contributed by atoms with Gasteiger partial charge in [0.25, 0.3) is 5.91 Å². The Morgan fingerprint density at radius 2 is 1.92 bits per heavy atom. The van der Waals surface area contributed by atoms with E-state index in [2.05, 4.69) is 5.32 Å². The van der Waals surface area contributed by atoms with Crippen LogP contribution in [0.5, 0.6) is 5.75 Å². The molecule has 24 heavy (non-hydrogen) atoms. The van der Waals surface area contributed by atoms with Gasteiger partial charge < -0.3 is 14.8 Å². The zero-order valence-corrected chi connectivity index (χ0v) is 13.5. The van der Waals surface area contributed by atoms with Crippen molar-refractivity contribution < 1.29 is 14.3 Å². The van der Waals surface area contributed by atoms with Gasteiger partial charge in [0.05, 0.1) is 11.7 Å². The first-order chi connectivity index (χ1) is 11.8. The molecule has 2 aromatic carbocycles. The predicted octanol–water partition coefficient (Wildman–Crippen LogP) is 3.17. The Morgan fingerprint density at radius 3 is 2.75 bits per heavy atom. The Balaban J connectivity index is 1.42. The molecule has 1 saturated heterocycles. The number of amides is 1. The Hall–Kier alpha value is -2.33. The molecule has 2 fully saturated rings. The molecule has 2 aliphatic rings. The van der Waals surface area contributed by atoms with E-state index in [4.69, 9.17) is 9.47 Å². The molecule has 1 aliphatic carbocycles. The quantitative estimate of drug-likeness (QED) is 0.919. The molecule has 0 unspecified atom stereocenters. The summed E-state index contributed by atoms with van der Waals surface area (Å²) in [5.74, 6) is 1.04. The van der Waals surface area contributed by atoms with Gasteiger partial charge in [-0.2, -0.15) is 0 Å². The van der Waals surface area contributed by atoms with Gasteiger partial charge in [-0.05, 0) is 30.5 Å². The van der Waals surface area contributed by atoms with Crippen molar-refractivity contribution in [1.29, 1.82) is 0 Å². The molecule has 4 heteroatoms. The van der Waals surface area contributed by atoms with E-state index in [9.17, 15) is 4.79 Å². The smallest absolute Gasteiger partial charge is 0.255 e. The molecule has 0 spiro atoms. The maximum atomic E-state index is 12.6. The third-order valence-corrected chi connectivity index (χ3v) is 4.95. The maximum Gasteiger partial charge on any atom is 0.255 e. The van der Waals surface area contributed by atoms with Crippen molar-refractivity contribution in [3.8, 4) is 5.75 Å². The molecule has 1 saturated carbocycles. The van der Waals surface area contributed by atoms with E-state index in [1.807, 2.05) is 54.6 Å². The third-order valence-electron chi connectivity index (χ3n) is 4.95. The molecular formula is C20H21NO3. The fraction of sp³-hybridized carbons (Fsp3) is 0.350. The normalized spacial score (nSPS) is 24.8. The molecule has 0 aromatic heterocycles. The largest absolute Gasteiger partial charge is 0.488 e. The van der Waals surface area contributed by atoms with Gasteiger partial charge >= 0.3 is 0 Å². The Bertz CT molecular complexity index is 716. The minimum atomic E-state index is -0.0611. The summed E-state index contributed by atoms with van der Waals surface area (Å²) in [5.41, 5.74) is 1.67. The van der Waals surface area contributed by atoms with E-state index in [1.165, 1.54) is 0 Å². The first kappa shape index (κ1) is 15.2. The van der Waals surface area contributed by atoms with Gasteiger partial charge in [-0.25, -0.2) is 0 Å². The summed E-state index contributed by atoms with van der Waals surface area (Å²) >= 11 is 0. The average Bonchev–Trinajstić information content (AvgIpc) is 3.00. The van der Waals surface area contributed by atoms with Crippen LogP contribution in [-0.2, 0) is 11.3 Å². The lowest BCUT2D eigenvalue weighted by atomic mass is 9.76. The standard InChI is InChI=1S/C20H21NO3/c22-20(21-17-12-19-15(17)10-11-23-19)16-8-4-5-9-18(16)24-13-14-6-2-1-3-7-14/h1-9,15,17,19H,10-13H2,(H,21,22)/t15-,17-,19+/m0/s1. The van der Waals surface area contributed by atoms with Gasteiger partial charge in [0.2, 0.25) is 0 Å². The minimum absolute atomic E-state index is 0.0611. The van der Waals surface area contributed by atoms with Crippen LogP contribution in [0.2, 0.25) is 0 Å². The number of carbonyl (C=O) groups is 1. The van der Waals surface area contributed by atoms with Crippen molar-refractivity contribution >= 4 is 5.91 Å². The zero-order valence-electron chi connectivity index (χ0n) is 13.5. The summed E-state index contributed by atoms with van der Waals surface area (Å²) in [6, 6.07) is 17.6. The number of fused-ring (bicyclic) bond motifs is 1. The monoisotopic (exact) mass is 323 g/mol. The first-order valence-electron chi connectivity index (χ1n) is 8.49. The summed E-state index contributed by atoms with van der Waals surface area (Å²) in [5, 5.41) is 3.14. The molecule has 1 heterocycles. The number of rotatable bonds is 5. The predicted molar refractivity (Wildman–Crippen MR) is 90.9 cm³/mol. The zero-order chi connectivity index (χ0) is 16.4. The van der Waals surface area contributed by atoms with E-state index in [-0.39, 0.29) is 11.9 Å². The highest BCUT2D eigenvalue weighted by Crippen LogP contribution is 2.38. The highest BCUT2D eigenvalue weighted by molar-refractivity contribution is 5.97. The topological polar surface area (TPSA) is 47.6 Å². The average molecular weight is 323 g/mol. The molecule has 4 nitrogen and oxygen atoms in total. The second kappa shape index (κ2) is 6.65. The number of ether oxygens (including phenoxy) is 2. The van der Waals surface area contributed by atoms with E-state index in [0.29, 0.717) is 29.9 Å². The SMILES string of the molecule is O=C(N[C@H]1C[C@H]2OCC[C@@H]12)c1ccccc1OCc1ccccc1. The number of nitrogens with one attached hydrogen (secondary N) is 1. The fourth-order valence-electron chi connectivity index (χ4n) is 3.52. The summed E-state index contributed by atoms with van der Waals surface area (Å²) in [6.07, 6.45) is 2.31. The van der Waals surface area contributed by atoms with Crippen molar-refractivity contribution in [1.82, 2.24) is 5.32 Å². The fourth-order valence-corrected chi connectivity index (χ4v) is 3.52. The van der Waals surface area contributed by atoms with Crippen LogP contribution >= 0.6 is 0 Å². The molecule has 124 valence electrons. The van der Waals surface area contributed by atoms with Crippen molar-refractivity contribution in [2.75, 3.05) is 6.61 Å². The lowest BCUT2D eigenvalue weighted by Crippen LogP contribution is -2.53. The van der Waals surface area contributed by atoms with E-state index in [0.717, 1.165) is 25.0 Å². The summed E-state index contributed by atoms with van der Waals surface area (Å²) in [6.45, 7) is 1.27. The number of para-hydroxylation sites is 1. The van der Waals surface area contributed by atoms with E-state index in [1.54, 1.807) is 0 Å². The van der Waals surface area contributed by atoms with Crippen LogP contribution in [0.25, 0.3) is 0 Å². The third kappa shape index (κ3) is 3.02. The van der Waals surface area contributed by atoms with Gasteiger partial charge in [0.15, 0.2) is 0 Å². The molecule has 0 radical (unpaired) electrons. The lowest BCUT2D eigenvalue weighted by molar-refractivity contribution is 0.00806. The van der Waals surface area contributed by atoms with Gasteiger partial charge in [-0.15, -0.1) is 0 Å². The molecular weight excluding hydrogens is 302 g/mol. The summed E-state index contributed by atoms with van der Waals surface area (Å²) < 4.78 is 11.5. The second-order valence-electron chi connectivity index (χ2n) is 6.45. The van der Waals surface area contributed by atoms with Crippen LogP contribution in [0, 0.1) is 5.92 Å². The number of benzene rings is 2. The summed E-state index contributed by atoms with van der Waals surface area (Å²) in [4.78, 5) is 12.6. The number of carbonyl (C=O) groups excluding carboxylic acids is 1. The molecule has 3 atom stereocenters. The van der Waals surface area contributed by atoms with Crippen molar-refractivity contribution in [3.05, 3.63) is 65.7 Å². The van der Waals surface area contributed by atoms with E-state index < -0.39 is 0 Å². The molecule has 1 amide bonds. The van der Waals surface area contributed by atoms with E-state index >= 15 is 0 Å². The molecule has 2 aromatic rings. The van der Waals surface area contributed by atoms with Crippen LogP contribution < -0.4 is 10.1 Å². The van der Waals surface area contributed by atoms with Crippen LogP contribution in [0.4, 0.5) is 0 Å². The highest BCUT2D eigenvalue weighted by Gasteiger charge is 2.45. The number of hydrogen-bond acceptors (Lipinski definition) is 3. The Labute approximate surface area is 141 Å².